The van der Waals surface area contributed by atoms with E-state index in [9.17, 15) is 21.6 Å². The number of hydrogen-bond donors (Lipinski definition) is 2. The van der Waals surface area contributed by atoms with Crippen LogP contribution in [0, 0.1) is 0 Å². The van der Waals surface area contributed by atoms with Crippen LogP contribution in [0.4, 0.5) is 0 Å². The predicted molar refractivity (Wildman–Crippen MR) is 113 cm³/mol. The number of amides is 1. The van der Waals surface area contributed by atoms with Crippen LogP contribution in [0.25, 0.3) is 0 Å². The summed E-state index contributed by atoms with van der Waals surface area (Å²) in [5.41, 5.74) is 2.03. The monoisotopic (exact) mass is 537 g/mol. The quantitative estimate of drug-likeness (QED) is 0.541. The van der Waals surface area contributed by atoms with Crippen molar-refractivity contribution in [1.29, 1.82) is 0 Å². The number of ether oxygens (including phenoxy) is 1. The maximum Gasteiger partial charge on any atom is 0.266 e. The number of rotatable bonds is 6. The minimum absolute atomic E-state index is 0.0334. The van der Waals surface area contributed by atoms with E-state index in [1.165, 1.54) is 46.8 Å². The van der Waals surface area contributed by atoms with Crippen molar-refractivity contribution in [3.63, 3.8) is 0 Å². The average molecular weight is 539 g/mol. The molecule has 2 aromatic rings. The summed E-state index contributed by atoms with van der Waals surface area (Å²) in [6.07, 6.45) is 0. The molecule has 1 saturated heterocycles. The number of hydrogen-bond acceptors (Lipinski definition) is 6. The number of hydrazine groups is 1. The van der Waals surface area contributed by atoms with Gasteiger partial charge in [-0.05, 0) is 36.4 Å². The van der Waals surface area contributed by atoms with E-state index in [0.29, 0.717) is 17.7 Å². The van der Waals surface area contributed by atoms with E-state index in [2.05, 4.69) is 21.4 Å². The van der Waals surface area contributed by atoms with Crippen molar-refractivity contribution in [2.45, 2.75) is 9.79 Å². The van der Waals surface area contributed by atoms with Gasteiger partial charge in [-0.3, -0.25) is 10.2 Å². The van der Waals surface area contributed by atoms with Crippen molar-refractivity contribution in [3.05, 3.63) is 57.5 Å². The highest BCUT2D eigenvalue weighted by Crippen LogP contribution is 2.25. The molecule has 162 valence electrons. The maximum atomic E-state index is 12.7. The molecule has 0 atom stereocenters. The molecule has 0 aromatic heterocycles. The first-order valence-corrected chi connectivity index (χ1v) is 12.7. The van der Waals surface area contributed by atoms with Crippen molar-refractivity contribution >= 4 is 53.5 Å². The van der Waals surface area contributed by atoms with Crippen molar-refractivity contribution in [3.8, 4) is 0 Å². The zero-order chi connectivity index (χ0) is 21.9. The minimum atomic E-state index is -4.14. The molecule has 1 heterocycles. The number of morpholine rings is 1. The number of benzene rings is 2. The highest BCUT2D eigenvalue weighted by Gasteiger charge is 2.27. The normalized spacial score (nSPS) is 15.7. The number of nitrogens with zero attached hydrogens (tertiary/aromatic N) is 1. The zero-order valence-electron chi connectivity index (χ0n) is 15.3. The lowest BCUT2D eigenvalue weighted by atomic mass is 10.2. The molecule has 0 unspecified atom stereocenters. The van der Waals surface area contributed by atoms with Crippen LogP contribution in [0.15, 0.2) is 56.7 Å². The Morgan fingerprint density at radius 3 is 2.43 bits per heavy atom. The minimum Gasteiger partial charge on any atom is -0.379 e. The number of carbonyl (C=O) groups excluding carboxylic acids is 1. The summed E-state index contributed by atoms with van der Waals surface area (Å²) in [5.74, 6) is -0.828. The summed E-state index contributed by atoms with van der Waals surface area (Å²) < 4.78 is 57.3. The van der Waals surface area contributed by atoms with Crippen LogP contribution in [0.3, 0.4) is 0 Å². The summed E-state index contributed by atoms with van der Waals surface area (Å²) >= 11 is 9.13. The van der Waals surface area contributed by atoms with Crippen LogP contribution in [0.1, 0.15) is 10.4 Å². The second-order valence-corrected chi connectivity index (χ2v) is 11.1. The molecule has 30 heavy (non-hydrogen) atoms. The topological polar surface area (TPSA) is 122 Å². The van der Waals surface area contributed by atoms with E-state index < -0.39 is 26.0 Å². The smallest absolute Gasteiger partial charge is 0.266 e. The second-order valence-electron chi connectivity index (χ2n) is 6.18. The summed E-state index contributed by atoms with van der Waals surface area (Å²) in [6.45, 7) is 1.01. The highest BCUT2D eigenvalue weighted by molar-refractivity contribution is 9.10. The Balaban J connectivity index is 1.75. The third kappa shape index (κ3) is 5.19. The Labute approximate surface area is 187 Å². The van der Waals surface area contributed by atoms with Gasteiger partial charge in [0.05, 0.1) is 23.1 Å². The molecule has 1 amide bonds. The van der Waals surface area contributed by atoms with Crippen LogP contribution in [-0.2, 0) is 24.8 Å². The van der Waals surface area contributed by atoms with Gasteiger partial charge in [-0.2, -0.15) is 4.31 Å². The molecule has 0 bridgehead atoms. The van der Waals surface area contributed by atoms with Crippen molar-refractivity contribution in [2.24, 2.45) is 0 Å². The van der Waals surface area contributed by atoms with Gasteiger partial charge in [-0.1, -0.05) is 33.6 Å². The standard InChI is InChI=1S/C17H17BrClN3O6S2/c18-13-4-5-16(15(19)11-13)29(24,25)21-20-17(23)12-2-1-3-14(10-12)30(26,27)22-6-8-28-9-7-22/h1-5,10-11,21H,6-9H2,(H,20,23). The van der Waals surface area contributed by atoms with Gasteiger partial charge in [0.2, 0.25) is 10.0 Å². The summed E-state index contributed by atoms with van der Waals surface area (Å²) in [4.78, 5) is 14.1. The van der Waals surface area contributed by atoms with E-state index in [0.717, 1.165) is 0 Å². The van der Waals surface area contributed by atoms with E-state index >= 15 is 0 Å². The molecule has 1 fully saturated rings. The molecule has 0 radical (unpaired) electrons. The molecule has 2 aromatic carbocycles. The number of nitrogens with one attached hydrogen (secondary N) is 2. The van der Waals surface area contributed by atoms with Crippen LogP contribution < -0.4 is 10.3 Å². The van der Waals surface area contributed by atoms with Crippen LogP contribution in [0.2, 0.25) is 5.02 Å². The Bertz CT molecular complexity index is 1170. The zero-order valence-corrected chi connectivity index (χ0v) is 19.3. The van der Waals surface area contributed by atoms with Gasteiger partial charge in [-0.15, -0.1) is 4.83 Å². The van der Waals surface area contributed by atoms with Crippen molar-refractivity contribution in [1.82, 2.24) is 14.6 Å². The Hall–Kier alpha value is -1.54. The summed E-state index contributed by atoms with van der Waals surface area (Å²) in [6, 6.07) is 9.49. The average Bonchev–Trinajstić information content (AvgIpc) is 2.72. The van der Waals surface area contributed by atoms with Gasteiger partial charge >= 0.3 is 0 Å². The molecule has 3 rings (SSSR count). The molecular formula is C17H17BrClN3O6S2. The SMILES string of the molecule is O=C(NNS(=O)(=O)c1ccc(Br)cc1Cl)c1cccc(S(=O)(=O)N2CCOCC2)c1. The predicted octanol–water partition coefficient (Wildman–Crippen LogP) is 1.75. The number of sulfonamides is 2. The number of halogens is 2. The van der Waals surface area contributed by atoms with Gasteiger partial charge in [0.1, 0.15) is 4.90 Å². The molecule has 2 N–H and O–H groups in total. The highest BCUT2D eigenvalue weighted by atomic mass is 79.9. The fraction of sp³-hybridized carbons (Fsp3) is 0.235. The van der Waals surface area contributed by atoms with Crippen LogP contribution in [0.5, 0.6) is 0 Å². The van der Waals surface area contributed by atoms with Crippen LogP contribution >= 0.6 is 27.5 Å². The Kier molecular flexibility index (Phi) is 7.17. The van der Waals surface area contributed by atoms with Gasteiger partial charge in [-0.25, -0.2) is 16.8 Å². The lowest BCUT2D eigenvalue weighted by molar-refractivity contribution is 0.0730. The molecule has 0 saturated carbocycles. The van der Waals surface area contributed by atoms with E-state index in [1.807, 2.05) is 4.83 Å². The van der Waals surface area contributed by atoms with Crippen molar-refractivity contribution in [2.75, 3.05) is 26.3 Å². The van der Waals surface area contributed by atoms with E-state index in [4.69, 9.17) is 16.3 Å². The fourth-order valence-electron chi connectivity index (χ4n) is 2.67. The van der Waals surface area contributed by atoms with E-state index in [1.54, 1.807) is 0 Å². The first-order chi connectivity index (χ1) is 14.1. The Morgan fingerprint density at radius 1 is 1.07 bits per heavy atom. The molecule has 9 nitrogen and oxygen atoms in total. The number of carbonyl (C=O) groups is 1. The largest absolute Gasteiger partial charge is 0.379 e. The molecule has 1 aliphatic rings. The third-order valence-electron chi connectivity index (χ3n) is 4.19. The van der Waals surface area contributed by atoms with Gasteiger partial charge in [0.25, 0.3) is 15.9 Å². The van der Waals surface area contributed by atoms with Crippen LogP contribution in [-0.4, -0.2) is 53.4 Å². The first kappa shape index (κ1) is 23.1. The second kappa shape index (κ2) is 9.30. The molecule has 0 spiro atoms. The maximum absolute atomic E-state index is 12.7. The van der Waals surface area contributed by atoms with Gasteiger partial charge in [0.15, 0.2) is 0 Å². The van der Waals surface area contributed by atoms with Gasteiger partial charge in [0, 0.05) is 23.1 Å². The molecule has 13 heteroatoms. The molecular weight excluding hydrogens is 522 g/mol. The third-order valence-corrected chi connectivity index (χ3v) is 8.30. The lowest BCUT2D eigenvalue weighted by Crippen LogP contribution is -2.42. The lowest BCUT2D eigenvalue weighted by Gasteiger charge is -2.26. The van der Waals surface area contributed by atoms with E-state index in [-0.39, 0.29) is 33.5 Å². The van der Waals surface area contributed by atoms with Crippen molar-refractivity contribution < 1.29 is 26.4 Å². The summed E-state index contributed by atoms with van der Waals surface area (Å²) in [5, 5.41) is -0.0373. The molecule has 0 aliphatic carbocycles. The molecule has 1 aliphatic heterocycles. The Morgan fingerprint density at radius 2 is 1.77 bits per heavy atom. The van der Waals surface area contributed by atoms with Gasteiger partial charge < -0.3 is 4.74 Å². The summed E-state index contributed by atoms with van der Waals surface area (Å²) in [7, 11) is -7.94. The fourth-order valence-corrected chi connectivity index (χ4v) is 6.00. The first-order valence-electron chi connectivity index (χ1n) is 8.56.